The average molecular weight is 332 g/mol. The Kier molecular flexibility index (Phi) is 5.44. The number of rotatable bonds is 5. The molecule has 0 aliphatic carbocycles. The molecule has 3 atom stereocenters. The van der Waals surface area contributed by atoms with E-state index < -0.39 is 0 Å². The molecule has 4 nitrogen and oxygen atoms in total. The monoisotopic (exact) mass is 332 g/mol. The smallest absolute Gasteiger partial charge is 0.338 e. The van der Waals surface area contributed by atoms with Gasteiger partial charge < -0.3 is 14.0 Å². The molecule has 4 heteroatoms. The fourth-order valence-corrected chi connectivity index (χ4v) is 4.55. The number of hydrogen-bond donors (Lipinski definition) is 0. The van der Waals surface area contributed by atoms with Crippen LogP contribution in [0.25, 0.3) is 0 Å². The molecule has 2 saturated heterocycles. The highest BCUT2D eigenvalue weighted by atomic mass is 16.5. The molecular formula is C20H30NO3+. The van der Waals surface area contributed by atoms with Crippen molar-refractivity contribution in [2.75, 3.05) is 33.4 Å². The number of esters is 1. The van der Waals surface area contributed by atoms with Crippen LogP contribution in [0.3, 0.4) is 0 Å². The quantitative estimate of drug-likeness (QED) is 0.610. The van der Waals surface area contributed by atoms with Crippen LogP contribution in [0, 0.1) is 5.92 Å². The lowest BCUT2D eigenvalue weighted by Gasteiger charge is -2.51. The Hall–Kier alpha value is -1.55. The van der Waals surface area contributed by atoms with Crippen molar-refractivity contribution >= 4 is 5.97 Å². The molecule has 0 spiro atoms. The van der Waals surface area contributed by atoms with Gasteiger partial charge >= 0.3 is 5.97 Å². The maximum Gasteiger partial charge on any atom is 0.338 e. The first kappa shape index (κ1) is 17.3. The van der Waals surface area contributed by atoms with Gasteiger partial charge in [-0.1, -0.05) is 0 Å². The summed E-state index contributed by atoms with van der Waals surface area (Å²) < 4.78 is 12.3. The van der Waals surface area contributed by atoms with E-state index in [9.17, 15) is 4.79 Å². The topological polar surface area (TPSA) is 35.5 Å². The van der Waals surface area contributed by atoms with Crippen LogP contribution in [0.5, 0.6) is 5.75 Å². The van der Waals surface area contributed by atoms with Gasteiger partial charge in [-0.2, -0.15) is 0 Å². The van der Waals surface area contributed by atoms with E-state index in [0.717, 1.165) is 5.75 Å². The van der Waals surface area contributed by atoms with E-state index in [1.807, 2.05) is 19.1 Å². The van der Waals surface area contributed by atoms with Crippen LogP contribution in [-0.2, 0) is 4.74 Å². The minimum atomic E-state index is -0.214. The van der Waals surface area contributed by atoms with Gasteiger partial charge in [-0.05, 0) is 56.9 Å². The van der Waals surface area contributed by atoms with E-state index in [0.29, 0.717) is 30.7 Å². The second kappa shape index (κ2) is 7.56. The molecule has 132 valence electrons. The van der Waals surface area contributed by atoms with E-state index in [1.165, 1.54) is 49.7 Å². The molecule has 24 heavy (non-hydrogen) atoms. The highest BCUT2D eigenvalue weighted by Crippen LogP contribution is 2.36. The Morgan fingerprint density at radius 1 is 1.12 bits per heavy atom. The Bertz CT molecular complexity index is 553. The predicted octanol–water partition coefficient (Wildman–Crippen LogP) is 3.65. The van der Waals surface area contributed by atoms with Gasteiger partial charge in [0.25, 0.3) is 0 Å². The number of piperidine rings is 2. The zero-order valence-electron chi connectivity index (χ0n) is 15.0. The molecule has 1 unspecified atom stereocenters. The van der Waals surface area contributed by atoms with Crippen molar-refractivity contribution in [2.24, 2.45) is 5.92 Å². The largest absolute Gasteiger partial charge is 0.494 e. The summed E-state index contributed by atoms with van der Waals surface area (Å²) in [6, 6.07) is 7.90. The van der Waals surface area contributed by atoms with Crippen LogP contribution in [0.15, 0.2) is 24.3 Å². The molecule has 0 aromatic heterocycles. The lowest BCUT2D eigenvalue weighted by atomic mass is 9.82. The fraction of sp³-hybridized carbons (Fsp3) is 0.650. The highest BCUT2D eigenvalue weighted by molar-refractivity contribution is 5.89. The van der Waals surface area contributed by atoms with Crippen molar-refractivity contribution in [2.45, 2.75) is 45.1 Å². The summed E-state index contributed by atoms with van der Waals surface area (Å²) >= 11 is 0. The van der Waals surface area contributed by atoms with Crippen LogP contribution >= 0.6 is 0 Å². The minimum absolute atomic E-state index is 0.214. The van der Waals surface area contributed by atoms with Crippen molar-refractivity contribution in [3.05, 3.63) is 29.8 Å². The summed E-state index contributed by atoms with van der Waals surface area (Å²) in [4.78, 5) is 12.3. The van der Waals surface area contributed by atoms with Crippen LogP contribution in [0.4, 0.5) is 0 Å². The highest BCUT2D eigenvalue weighted by Gasteiger charge is 2.43. The van der Waals surface area contributed by atoms with Gasteiger partial charge in [0.2, 0.25) is 0 Å². The summed E-state index contributed by atoms with van der Waals surface area (Å²) in [5.41, 5.74) is 0.607. The first-order valence-electron chi connectivity index (χ1n) is 9.36. The van der Waals surface area contributed by atoms with Gasteiger partial charge in [-0.25, -0.2) is 4.79 Å². The van der Waals surface area contributed by atoms with E-state index in [1.54, 1.807) is 12.1 Å². The molecule has 2 heterocycles. The average Bonchev–Trinajstić information content (AvgIpc) is 2.60. The first-order chi connectivity index (χ1) is 11.6. The molecule has 0 radical (unpaired) electrons. The molecule has 0 amide bonds. The number of hydrogen-bond acceptors (Lipinski definition) is 3. The van der Waals surface area contributed by atoms with Crippen LogP contribution in [-0.4, -0.2) is 49.8 Å². The van der Waals surface area contributed by atoms with Gasteiger partial charge in [0.05, 0.1) is 38.3 Å². The van der Waals surface area contributed by atoms with E-state index in [-0.39, 0.29) is 5.97 Å². The standard InChI is InChI=1S/C20H30NO3/c1-3-23-18-11-9-16(10-12-18)20(22)24-15-17-7-6-14-21(2)13-5-4-8-19(17)21/h9-12,17,19H,3-8,13-15H2,1-2H3/q+1/t17-,19+,21?/m0/s1. The number of quaternary nitrogens is 1. The molecule has 2 fully saturated rings. The molecule has 1 aromatic rings. The van der Waals surface area contributed by atoms with E-state index in [4.69, 9.17) is 9.47 Å². The second-order valence-electron chi connectivity index (χ2n) is 7.45. The number of ether oxygens (including phenoxy) is 2. The molecule has 0 N–H and O–H groups in total. The zero-order valence-corrected chi connectivity index (χ0v) is 15.0. The number of benzene rings is 1. The maximum atomic E-state index is 12.3. The lowest BCUT2D eigenvalue weighted by molar-refractivity contribution is -0.947. The van der Waals surface area contributed by atoms with Crippen molar-refractivity contribution in [1.29, 1.82) is 0 Å². The lowest BCUT2D eigenvalue weighted by Crippen LogP contribution is -2.61. The number of carbonyl (C=O) groups is 1. The van der Waals surface area contributed by atoms with Crippen molar-refractivity contribution < 1.29 is 18.8 Å². The number of nitrogens with zero attached hydrogens (tertiary/aromatic N) is 1. The zero-order chi connectivity index (χ0) is 17.0. The summed E-state index contributed by atoms with van der Waals surface area (Å²) in [6.07, 6.45) is 6.38. The summed E-state index contributed by atoms with van der Waals surface area (Å²) in [7, 11) is 2.39. The Morgan fingerprint density at radius 3 is 2.62 bits per heavy atom. The third-order valence-corrected chi connectivity index (χ3v) is 5.84. The normalized spacial score (nSPS) is 29.6. The first-order valence-corrected chi connectivity index (χ1v) is 9.36. The molecule has 0 bridgehead atoms. The van der Waals surface area contributed by atoms with Gasteiger partial charge in [0, 0.05) is 12.3 Å². The molecule has 2 aliphatic rings. The third-order valence-electron chi connectivity index (χ3n) is 5.84. The van der Waals surface area contributed by atoms with Crippen LogP contribution in [0.2, 0.25) is 0 Å². The molecule has 2 aliphatic heterocycles. The summed E-state index contributed by atoms with van der Waals surface area (Å²) in [5, 5.41) is 0. The SMILES string of the molecule is CCOc1ccc(C(=O)OC[C@@H]2CCC[N+]3(C)CCCC[C@H]23)cc1. The summed E-state index contributed by atoms with van der Waals surface area (Å²) in [6.45, 7) is 5.71. The Balaban J connectivity index is 1.57. The van der Waals surface area contributed by atoms with Gasteiger partial charge in [0.15, 0.2) is 0 Å². The molecule has 0 saturated carbocycles. The van der Waals surface area contributed by atoms with Crippen molar-refractivity contribution in [3.63, 3.8) is 0 Å². The van der Waals surface area contributed by atoms with Crippen molar-refractivity contribution in [3.8, 4) is 5.75 Å². The third kappa shape index (κ3) is 3.75. The number of fused-ring (bicyclic) bond motifs is 1. The van der Waals surface area contributed by atoms with E-state index >= 15 is 0 Å². The molecular weight excluding hydrogens is 302 g/mol. The Labute approximate surface area is 145 Å². The predicted molar refractivity (Wildman–Crippen MR) is 94.2 cm³/mol. The van der Waals surface area contributed by atoms with Crippen LogP contribution in [0.1, 0.15) is 49.4 Å². The molecule has 1 aromatic carbocycles. The molecule has 3 rings (SSSR count). The second-order valence-corrected chi connectivity index (χ2v) is 7.45. The fourth-order valence-electron chi connectivity index (χ4n) is 4.55. The van der Waals surface area contributed by atoms with Gasteiger partial charge in [-0.3, -0.25) is 0 Å². The van der Waals surface area contributed by atoms with Gasteiger partial charge in [-0.15, -0.1) is 0 Å². The Morgan fingerprint density at radius 2 is 1.88 bits per heavy atom. The summed E-state index contributed by atoms with van der Waals surface area (Å²) in [5.74, 6) is 1.08. The van der Waals surface area contributed by atoms with Gasteiger partial charge in [0.1, 0.15) is 12.4 Å². The van der Waals surface area contributed by atoms with Crippen LogP contribution < -0.4 is 4.74 Å². The number of carbonyl (C=O) groups excluding carboxylic acids is 1. The maximum absolute atomic E-state index is 12.3. The van der Waals surface area contributed by atoms with E-state index in [2.05, 4.69) is 7.05 Å². The minimum Gasteiger partial charge on any atom is -0.494 e. The van der Waals surface area contributed by atoms with Crippen molar-refractivity contribution in [1.82, 2.24) is 0 Å².